The summed E-state index contributed by atoms with van der Waals surface area (Å²) >= 11 is 0. The number of ether oxygens (including phenoxy) is 1. The number of fused-ring (bicyclic) bond motifs is 1. The summed E-state index contributed by atoms with van der Waals surface area (Å²) in [6.45, 7) is 0.0542. The van der Waals surface area contributed by atoms with Crippen molar-refractivity contribution < 1.29 is 22.7 Å². The summed E-state index contributed by atoms with van der Waals surface area (Å²) in [4.78, 5) is 27.5. The Morgan fingerprint density at radius 3 is 2.77 bits per heavy atom. The molecule has 1 aromatic carbocycles. The van der Waals surface area contributed by atoms with E-state index in [2.05, 4.69) is 19.8 Å². The number of sulfonamides is 1. The summed E-state index contributed by atoms with van der Waals surface area (Å²) in [5.74, 6) is -1.64. The average molecular weight is 400 g/mol. The minimum absolute atomic E-state index is 0. The first kappa shape index (κ1) is 20.2. The monoisotopic (exact) mass is 399 g/mol. The van der Waals surface area contributed by atoms with Gasteiger partial charge in [-0.1, -0.05) is 18.2 Å². The summed E-state index contributed by atoms with van der Waals surface area (Å²) in [5.41, 5.74) is 0.303. The Labute approximate surface area is 156 Å². The quantitative estimate of drug-likeness (QED) is 0.563. The van der Waals surface area contributed by atoms with E-state index in [9.17, 15) is 18.0 Å². The molecule has 1 aromatic heterocycles. The molecule has 1 aliphatic rings. The van der Waals surface area contributed by atoms with Crippen LogP contribution >= 0.6 is 12.4 Å². The molecule has 1 atom stereocenters. The number of hydrogen-bond acceptors (Lipinski definition) is 7. The number of aromatic nitrogens is 1. The van der Waals surface area contributed by atoms with Crippen molar-refractivity contribution in [3.63, 3.8) is 0 Å². The number of esters is 2. The Kier molecular flexibility index (Phi) is 6.65. The first-order chi connectivity index (χ1) is 12.0. The van der Waals surface area contributed by atoms with Crippen molar-refractivity contribution in [2.45, 2.75) is 23.8 Å². The van der Waals surface area contributed by atoms with Crippen LogP contribution in [0.15, 0.2) is 41.4 Å². The lowest BCUT2D eigenvalue weighted by Crippen LogP contribution is -2.37. The van der Waals surface area contributed by atoms with Crippen LogP contribution in [0.2, 0.25) is 0 Å². The first-order valence-electron chi connectivity index (χ1n) is 7.79. The van der Waals surface area contributed by atoms with Gasteiger partial charge in [-0.2, -0.15) is 4.72 Å². The first-order valence-corrected chi connectivity index (χ1v) is 9.27. The molecule has 0 saturated carbocycles. The lowest BCUT2D eigenvalue weighted by atomic mass is 10.2. The Morgan fingerprint density at radius 1 is 1.27 bits per heavy atom. The highest BCUT2D eigenvalue weighted by Gasteiger charge is 2.26. The molecule has 1 saturated heterocycles. The smallest absolute Gasteiger partial charge is 0.330 e. The second-order valence-electron chi connectivity index (χ2n) is 5.60. The van der Waals surface area contributed by atoms with Crippen LogP contribution in [0.25, 0.3) is 10.9 Å². The Balaban J connectivity index is 0.00000243. The van der Waals surface area contributed by atoms with Gasteiger partial charge in [-0.3, -0.25) is 9.78 Å². The number of halogens is 1. The molecule has 0 radical (unpaired) electrons. The molecule has 10 heteroatoms. The highest BCUT2D eigenvalue weighted by molar-refractivity contribution is 7.89. The van der Waals surface area contributed by atoms with Gasteiger partial charge in [0.1, 0.15) is 17.5 Å². The Bertz CT molecular complexity index is 908. The van der Waals surface area contributed by atoms with Gasteiger partial charge in [0.2, 0.25) is 10.0 Å². The summed E-state index contributed by atoms with van der Waals surface area (Å²) in [7, 11) is -3.98. The van der Waals surface area contributed by atoms with Crippen LogP contribution in [-0.4, -0.2) is 44.5 Å². The van der Waals surface area contributed by atoms with E-state index >= 15 is 0 Å². The van der Waals surface area contributed by atoms with Gasteiger partial charge < -0.3 is 10.1 Å². The SMILES string of the molecule is Cl.O=C(CNS(=O)(=O)c1cccc2cccnc12)OC(=O)[C@@H]1CCCN1. The number of rotatable bonds is 5. The molecule has 1 aliphatic heterocycles. The van der Waals surface area contributed by atoms with Gasteiger partial charge in [-0.25, -0.2) is 13.2 Å². The van der Waals surface area contributed by atoms with E-state index in [4.69, 9.17) is 0 Å². The van der Waals surface area contributed by atoms with E-state index in [1.165, 1.54) is 12.3 Å². The van der Waals surface area contributed by atoms with E-state index in [-0.39, 0.29) is 17.3 Å². The van der Waals surface area contributed by atoms with Crippen molar-refractivity contribution in [1.82, 2.24) is 15.0 Å². The number of pyridine rings is 1. The fourth-order valence-corrected chi connectivity index (χ4v) is 3.78. The molecular formula is C16H18ClN3O5S. The lowest BCUT2D eigenvalue weighted by molar-refractivity contribution is -0.160. The molecule has 1 fully saturated rings. The van der Waals surface area contributed by atoms with Crippen LogP contribution in [0.3, 0.4) is 0 Å². The van der Waals surface area contributed by atoms with E-state index in [1.807, 2.05) is 0 Å². The predicted molar refractivity (Wildman–Crippen MR) is 96.3 cm³/mol. The van der Waals surface area contributed by atoms with Crippen LogP contribution < -0.4 is 10.0 Å². The van der Waals surface area contributed by atoms with Crippen LogP contribution in [0.4, 0.5) is 0 Å². The Hall–Kier alpha value is -2.07. The topological polar surface area (TPSA) is 114 Å². The molecule has 8 nitrogen and oxygen atoms in total. The maximum Gasteiger partial charge on any atom is 0.330 e. The molecule has 0 amide bonds. The molecule has 0 spiro atoms. The van der Waals surface area contributed by atoms with Gasteiger partial charge in [0, 0.05) is 11.6 Å². The largest absolute Gasteiger partial charge is 0.391 e. The maximum absolute atomic E-state index is 12.4. The van der Waals surface area contributed by atoms with Crippen molar-refractivity contribution in [3.8, 4) is 0 Å². The summed E-state index contributed by atoms with van der Waals surface area (Å²) in [6.07, 6.45) is 2.91. The van der Waals surface area contributed by atoms with E-state index in [0.717, 1.165) is 6.42 Å². The third-order valence-corrected chi connectivity index (χ3v) is 5.28. The van der Waals surface area contributed by atoms with Crippen LogP contribution in [0, 0.1) is 0 Å². The number of benzene rings is 1. The minimum atomic E-state index is -3.98. The van der Waals surface area contributed by atoms with Gasteiger partial charge >= 0.3 is 11.9 Å². The third-order valence-electron chi connectivity index (χ3n) is 3.85. The van der Waals surface area contributed by atoms with Crippen LogP contribution in [-0.2, 0) is 24.3 Å². The third kappa shape index (κ3) is 4.55. The minimum Gasteiger partial charge on any atom is -0.391 e. The van der Waals surface area contributed by atoms with E-state index in [1.54, 1.807) is 24.3 Å². The number of carbonyl (C=O) groups excluding carboxylic acids is 2. The zero-order valence-electron chi connectivity index (χ0n) is 13.7. The molecule has 0 unspecified atom stereocenters. The molecular weight excluding hydrogens is 382 g/mol. The van der Waals surface area contributed by atoms with Gasteiger partial charge in [0.15, 0.2) is 0 Å². The molecule has 0 aliphatic carbocycles. The maximum atomic E-state index is 12.4. The van der Waals surface area contributed by atoms with Crippen molar-refractivity contribution >= 4 is 45.3 Å². The molecule has 2 aromatic rings. The molecule has 2 N–H and O–H groups in total. The number of nitrogens with zero attached hydrogens (tertiary/aromatic N) is 1. The standard InChI is InChI=1S/C16H17N3O5S.ClH/c20-14(24-16(21)12-6-3-8-17-12)10-19-25(22,23)13-7-1-4-11-5-2-9-18-15(11)13;/h1-2,4-5,7,9,12,17,19H,3,6,8,10H2;1H/t12-;/m0./s1. The normalized spacial score (nSPS) is 16.8. The number of hydrogen-bond donors (Lipinski definition) is 2. The summed E-state index contributed by atoms with van der Waals surface area (Å²) < 4.78 is 31.7. The van der Waals surface area contributed by atoms with Gasteiger partial charge in [-0.15, -0.1) is 12.4 Å². The van der Waals surface area contributed by atoms with Gasteiger partial charge in [0.05, 0.1) is 5.52 Å². The van der Waals surface area contributed by atoms with Crippen LogP contribution in [0.5, 0.6) is 0 Å². The van der Waals surface area contributed by atoms with Crippen molar-refractivity contribution in [2.75, 3.05) is 13.1 Å². The number of para-hydroxylation sites is 1. The highest BCUT2D eigenvalue weighted by atomic mass is 35.5. The molecule has 26 heavy (non-hydrogen) atoms. The van der Waals surface area contributed by atoms with Gasteiger partial charge in [0.25, 0.3) is 0 Å². The molecule has 3 rings (SSSR count). The fourth-order valence-electron chi connectivity index (χ4n) is 2.63. The van der Waals surface area contributed by atoms with Crippen molar-refractivity contribution in [1.29, 1.82) is 0 Å². The van der Waals surface area contributed by atoms with Crippen LogP contribution in [0.1, 0.15) is 12.8 Å². The summed E-state index contributed by atoms with van der Waals surface area (Å²) in [5, 5.41) is 3.57. The Morgan fingerprint density at radius 2 is 2.04 bits per heavy atom. The number of carbonyl (C=O) groups is 2. The highest BCUT2D eigenvalue weighted by Crippen LogP contribution is 2.20. The number of nitrogens with one attached hydrogen (secondary N) is 2. The van der Waals surface area contributed by atoms with Crippen molar-refractivity contribution in [3.05, 3.63) is 36.5 Å². The second-order valence-corrected chi connectivity index (χ2v) is 7.33. The lowest BCUT2D eigenvalue weighted by Gasteiger charge is -2.10. The molecule has 0 bridgehead atoms. The average Bonchev–Trinajstić information content (AvgIpc) is 3.14. The molecule has 2 heterocycles. The van der Waals surface area contributed by atoms with Crippen molar-refractivity contribution in [2.24, 2.45) is 0 Å². The van der Waals surface area contributed by atoms with Gasteiger partial charge in [-0.05, 0) is 31.5 Å². The van der Waals surface area contributed by atoms with E-state index < -0.39 is 34.5 Å². The second kappa shape index (κ2) is 8.54. The zero-order chi connectivity index (χ0) is 17.9. The fraction of sp³-hybridized carbons (Fsp3) is 0.312. The zero-order valence-corrected chi connectivity index (χ0v) is 15.3. The predicted octanol–water partition coefficient (Wildman–Crippen LogP) is 0.757. The summed E-state index contributed by atoms with van der Waals surface area (Å²) in [6, 6.07) is 7.66. The molecule has 140 valence electrons. The van der Waals surface area contributed by atoms with E-state index in [0.29, 0.717) is 23.9 Å².